The molecule has 0 aromatic heterocycles. The zero-order chi connectivity index (χ0) is 12.1. The van der Waals surface area contributed by atoms with Crippen molar-refractivity contribution in [3.05, 3.63) is 24.3 Å². The van der Waals surface area contributed by atoms with Gasteiger partial charge in [0.2, 0.25) is 5.91 Å². The fraction of sp³-hybridized carbons (Fsp3) is 0.417. The molecule has 0 bridgehead atoms. The van der Waals surface area contributed by atoms with Crippen LogP contribution >= 0.6 is 0 Å². The number of aliphatic hydroxyl groups excluding tert-OH is 1. The van der Waals surface area contributed by atoms with Crippen molar-refractivity contribution in [1.82, 2.24) is 0 Å². The van der Waals surface area contributed by atoms with Crippen molar-refractivity contribution in [2.75, 3.05) is 5.32 Å². The van der Waals surface area contributed by atoms with E-state index in [0.29, 0.717) is 5.75 Å². The summed E-state index contributed by atoms with van der Waals surface area (Å²) in [5.41, 5.74) is 0.726. The van der Waals surface area contributed by atoms with Crippen LogP contribution < -0.4 is 10.1 Å². The highest BCUT2D eigenvalue weighted by Gasteiger charge is 2.09. The molecule has 0 aliphatic heterocycles. The van der Waals surface area contributed by atoms with Crippen molar-refractivity contribution < 1.29 is 14.6 Å². The van der Waals surface area contributed by atoms with Gasteiger partial charge in [-0.1, -0.05) is 0 Å². The first-order valence-corrected chi connectivity index (χ1v) is 5.21. The van der Waals surface area contributed by atoms with Gasteiger partial charge in [0.05, 0.1) is 6.10 Å². The van der Waals surface area contributed by atoms with Crippen LogP contribution in [-0.4, -0.2) is 23.2 Å². The van der Waals surface area contributed by atoms with Crippen LogP contribution in [0.5, 0.6) is 5.75 Å². The van der Waals surface area contributed by atoms with Gasteiger partial charge in [-0.25, -0.2) is 0 Å². The fourth-order valence-electron chi connectivity index (χ4n) is 1.13. The molecule has 4 nitrogen and oxygen atoms in total. The minimum Gasteiger partial charge on any atom is -0.488 e. The van der Waals surface area contributed by atoms with Crippen molar-refractivity contribution in [2.45, 2.75) is 33.0 Å². The number of nitrogens with one attached hydrogen (secondary N) is 1. The van der Waals surface area contributed by atoms with Gasteiger partial charge in [-0.2, -0.15) is 0 Å². The molecule has 0 spiro atoms. The first-order valence-electron chi connectivity index (χ1n) is 5.21. The SMILES string of the molecule is CC(=O)Nc1ccc(OC(C)C(C)O)cc1. The third kappa shape index (κ3) is 3.90. The van der Waals surface area contributed by atoms with E-state index < -0.39 is 6.10 Å². The van der Waals surface area contributed by atoms with Crippen LogP contribution in [0.25, 0.3) is 0 Å². The standard InChI is InChI=1S/C12H17NO3/c1-8(14)9(2)16-12-6-4-11(5-7-12)13-10(3)15/h4-9,14H,1-3H3,(H,13,15). The number of carbonyl (C=O) groups is 1. The maximum absolute atomic E-state index is 10.8. The molecular weight excluding hydrogens is 206 g/mol. The Balaban J connectivity index is 2.61. The highest BCUT2D eigenvalue weighted by atomic mass is 16.5. The molecule has 1 rings (SSSR count). The quantitative estimate of drug-likeness (QED) is 0.818. The summed E-state index contributed by atoms with van der Waals surface area (Å²) in [6.07, 6.45) is -0.776. The number of aliphatic hydroxyl groups is 1. The summed E-state index contributed by atoms with van der Waals surface area (Å²) in [6.45, 7) is 4.93. The number of hydrogen-bond donors (Lipinski definition) is 2. The lowest BCUT2D eigenvalue weighted by atomic mass is 10.2. The minimum atomic E-state index is -0.518. The number of benzene rings is 1. The highest BCUT2D eigenvalue weighted by Crippen LogP contribution is 2.17. The summed E-state index contributed by atoms with van der Waals surface area (Å²) in [6, 6.07) is 7.02. The second-order valence-electron chi connectivity index (χ2n) is 3.77. The molecule has 1 amide bonds. The molecular formula is C12H17NO3. The lowest BCUT2D eigenvalue weighted by molar-refractivity contribution is -0.114. The smallest absolute Gasteiger partial charge is 0.221 e. The molecule has 0 fully saturated rings. The second kappa shape index (κ2) is 5.51. The van der Waals surface area contributed by atoms with Gasteiger partial charge in [0, 0.05) is 12.6 Å². The summed E-state index contributed by atoms with van der Waals surface area (Å²) in [4.78, 5) is 10.8. The Hall–Kier alpha value is -1.55. The predicted molar refractivity (Wildman–Crippen MR) is 62.5 cm³/mol. The fourth-order valence-corrected chi connectivity index (χ4v) is 1.13. The van der Waals surface area contributed by atoms with Crippen LogP contribution in [0.15, 0.2) is 24.3 Å². The second-order valence-corrected chi connectivity index (χ2v) is 3.77. The number of hydrogen-bond acceptors (Lipinski definition) is 3. The van der Waals surface area contributed by atoms with Crippen molar-refractivity contribution in [2.24, 2.45) is 0 Å². The topological polar surface area (TPSA) is 58.6 Å². The Morgan fingerprint density at radius 3 is 2.31 bits per heavy atom. The van der Waals surface area contributed by atoms with E-state index in [1.165, 1.54) is 6.92 Å². The zero-order valence-corrected chi connectivity index (χ0v) is 9.73. The van der Waals surface area contributed by atoms with Crippen LogP contribution in [0.1, 0.15) is 20.8 Å². The Bertz CT molecular complexity index is 346. The highest BCUT2D eigenvalue weighted by molar-refractivity contribution is 5.88. The Kier molecular flexibility index (Phi) is 4.31. The molecule has 0 saturated carbocycles. The first-order chi connectivity index (χ1) is 7.49. The van der Waals surface area contributed by atoms with Crippen LogP contribution in [0.4, 0.5) is 5.69 Å². The molecule has 1 aromatic rings. The summed E-state index contributed by atoms with van der Waals surface area (Å²) in [5, 5.41) is 11.9. The Morgan fingerprint density at radius 2 is 1.88 bits per heavy atom. The lowest BCUT2D eigenvalue weighted by Crippen LogP contribution is -2.25. The molecule has 0 aliphatic carbocycles. The molecule has 0 heterocycles. The van der Waals surface area contributed by atoms with E-state index in [4.69, 9.17) is 4.74 Å². The van der Waals surface area contributed by atoms with Crippen molar-refractivity contribution in [3.8, 4) is 5.75 Å². The number of rotatable bonds is 4. The molecule has 16 heavy (non-hydrogen) atoms. The van der Waals surface area contributed by atoms with Gasteiger partial charge < -0.3 is 15.2 Å². The molecule has 0 radical (unpaired) electrons. The van der Waals surface area contributed by atoms with E-state index in [1.807, 2.05) is 0 Å². The first kappa shape index (κ1) is 12.5. The monoisotopic (exact) mass is 223 g/mol. The van der Waals surface area contributed by atoms with E-state index >= 15 is 0 Å². The third-order valence-corrected chi connectivity index (χ3v) is 2.18. The van der Waals surface area contributed by atoms with Gasteiger partial charge in [0.1, 0.15) is 11.9 Å². The molecule has 0 saturated heterocycles. The molecule has 2 N–H and O–H groups in total. The lowest BCUT2D eigenvalue weighted by Gasteiger charge is -2.17. The summed E-state index contributed by atoms with van der Waals surface area (Å²) in [7, 11) is 0. The van der Waals surface area contributed by atoms with E-state index in [2.05, 4.69) is 5.32 Å². The molecule has 2 unspecified atom stereocenters. The summed E-state index contributed by atoms with van der Waals surface area (Å²) < 4.78 is 5.47. The summed E-state index contributed by atoms with van der Waals surface area (Å²) >= 11 is 0. The maximum atomic E-state index is 10.8. The van der Waals surface area contributed by atoms with Gasteiger partial charge in [-0.3, -0.25) is 4.79 Å². The minimum absolute atomic E-state index is 0.106. The average molecular weight is 223 g/mol. The number of ether oxygens (including phenoxy) is 1. The van der Waals surface area contributed by atoms with Crippen LogP contribution in [0, 0.1) is 0 Å². The molecule has 2 atom stereocenters. The van der Waals surface area contributed by atoms with E-state index in [0.717, 1.165) is 5.69 Å². The summed E-state index contributed by atoms with van der Waals surface area (Å²) in [5.74, 6) is 0.563. The number of anilines is 1. The molecule has 88 valence electrons. The van der Waals surface area contributed by atoms with Crippen LogP contribution in [0.2, 0.25) is 0 Å². The maximum Gasteiger partial charge on any atom is 0.221 e. The average Bonchev–Trinajstić information content (AvgIpc) is 2.20. The van der Waals surface area contributed by atoms with E-state index in [9.17, 15) is 9.90 Å². The van der Waals surface area contributed by atoms with Crippen LogP contribution in [-0.2, 0) is 4.79 Å². The van der Waals surface area contributed by atoms with Crippen molar-refractivity contribution in [3.63, 3.8) is 0 Å². The van der Waals surface area contributed by atoms with Gasteiger partial charge in [0.25, 0.3) is 0 Å². The van der Waals surface area contributed by atoms with Crippen molar-refractivity contribution >= 4 is 11.6 Å². The van der Waals surface area contributed by atoms with Crippen LogP contribution in [0.3, 0.4) is 0 Å². The normalized spacial score (nSPS) is 14.0. The number of carbonyl (C=O) groups excluding carboxylic acids is 1. The predicted octanol–water partition coefficient (Wildman–Crippen LogP) is 1.79. The van der Waals surface area contributed by atoms with Crippen molar-refractivity contribution in [1.29, 1.82) is 0 Å². The molecule has 1 aromatic carbocycles. The van der Waals surface area contributed by atoms with E-state index in [-0.39, 0.29) is 12.0 Å². The largest absolute Gasteiger partial charge is 0.488 e. The van der Waals surface area contributed by atoms with Gasteiger partial charge in [-0.15, -0.1) is 0 Å². The zero-order valence-electron chi connectivity index (χ0n) is 9.73. The third-order valence-electron chi connectivity index (χ3n) is 2.18. The molecule has 4 heteroatoms. The Morgan fingerprint density at radius 1 is 1.31 bits per heavy atom. The van der Waals surface area contributed by atoms with Gasteiger partial charge in [0.15, 0.2) is 0 Å². The molecule has 0 aliphatic rings. The number of amides is 1. The van der Waals surface area contributed by atoms with Gasteiger partial charge >= 0.3 is 0 Å². The van der Waals surface area contributed by atoms with Gasteiger partial charge in [-0.05, 0) is 38.1 Å². The van der Waals surface area contributed by atoms with E-state index in [1.54, 1.807) is 38.1 Å². The Labute approximate surface area is 95.2 Å².